The van der Waals surface area contributed by atoms with Gasteiger partial charge in [-0.3, -0.25) is 0 Å². The standard InChI is InChI=1S/C14H13ClF3N3/c1-8(2)19-12-7-11(15)20-13(21-12)9-4-3-5-10(6-9)14(16,17)18/h3-8H,1-2H3,(H,19,20,21). The van der Waals surface area contributed by atoms with Crippen LogP contribution < -0.4 is 5.32 Å². The molecule has 0 bridgehead atoms. The van der Waals surface area contributed by atoms with Crippen LogP contribution in [0.1, 0.15) is 19.4 Å². The van der Waals surface area contributed by atoms with Crippen molar-refractivity contribution in [2.45, 2.75) is 26.1 Å². The van der Waals surface area contributed by atoms with Gasteiger partial charge in [-0.25, -0.2) is 9.97 Å². The van der Waals surface area contributed by atoms with Crippen LogP contribution in [-0.2, 0) is 6.18 Å². The molecule has 2 rings (SSSR count). The summed E-state index contributed by atoms with van der Waals surface area (Å²) in [6.07, 6.45) is -4.41. The van der Waals surface area contributed by atoms with Gasteiger partial charge in [0.1, 0.15) is 11.0 Å². The molecule has 1 heterocycles. The largest absolute Gasteiger partial charge is 0.416 e. The summed E-state index contributed by atoms with van der Waals surface area (Å²) in [6, 6.07) is 6.48. The van der Waals surface area contributed by atoms with E-state index in [0.29, 0.717) is 5.82 Å². The zero-order valence-electron chi connectivity index (χ0n) is 11.4. The Balaban J connectivity index is 2.44. The van der Waals surface area contributed by atoms with E-state index >= 15 is 0 Å². The van der Waals surface area contributed by atoms with Gasteiger partial charge in [0.15, 0.2) is 5.82 Å². The lowest BCUT2D eigenvalue weighted by molar-refractivity contribution is -0.137. The predicted octanol–water partition coefficient (Wildman–Crippen LogP) is 4.64. The highest BCUT2D eigenvalue weighted by Crippen LogP contribution is 2.31. The van der Waals surface area contributed by atoms with Crippen LogP contribution in [0.2, 0.25) is 5.15 Å². The molecule has 3 nitrogen and oxygen atoms in total. The summed E-state index contributed by atoms with van der Waals surface area (Å²) in [6.45, 7) is 3.83. The summed E-state index contributed by atoms with van der Waals surface area (Å²) < 4.78 is 38.2. The van der Waals surface area contributed by atoms with E-state index in [4.69, 9.17) is 11.6 Å². The minimum Gasteiger partial charge on any atom is -0.368 e. The molecule has 0 aliphatic heterocycles. The minimum atomic E-state index is -4.41. The van der Waals surface area contributed by atoms with E-state index in [0.717, 1.165) is 12.1 Å². The van der Waals surface area contributed by atoms with Crippen LogP contribution in [0.4, 0.5) is 19.0 Å². The highest BCUT2D eigenvalue weighted by atomic mass is 35.5. The summed E-state index contributed by atoms with van der Waals surface area (Å²) in [5.41, 5.74) is -0.485. The van der Waals surface area contributed by atoms with Crippen molar-refractivity contribution >= 4 is 17.4 Å². The van der Waals surface area contributed by atoms with Gasteiger partial charge in [-0.15, -0.1) is 0 Å². The van der Waals surface area contributed by atoms with Gasteiger partial charge in [-0.05, 0) is 26.0 Å². The van der Waals surface area contributed by atoms with E-state index in [-0.39, 0.29) is 22.6 Å². The van der Waals surface area contributed by atoms with E-state index in [1.165, 1.54) is 18.2 Å². The van der Waals surface area contributed by atoms with Gasteiger partial charge in [0.2, 0.25) is 0 Å². The maximum Gasteiger partial charge on any atom is 0.416 e. The zero-order valence-corrected chi connectivity index (χ0v) is 12.1. The van der Waals surface area contributed by atoms with Gasteiger partial charge in [0.25, 0.3) is 0 Å². The monoisotopic (exact) mass is 315 g/mol. The molecule has 0 radical (unpaired) electrons. The number of anilines is 1. The second-order valence-electron chi connectivity index (χ2n) is 4.78. The van der Waals surface area contributed by atoms with Crippen LogP contribution in [0.3, 0.4) is 0 Å². The molecule has 0 amide bonds. The van der Waals surface area contributed by atoms with Gasteiger partial charge in [0.05, 0.1) is 5.56 Å². The molecular weight excluding hydrogens is 303 g/mol. The van der Waals surface area contributed by atoms with E-state index in [2.05, 4.69) is 15.3 Å². The first-order valence-electron chi connectivity index (χ1n) is 6.24. The first-order chi connectivity index (χ1) is 9.75. The fraction of sp³-hybridized carbons (Fsp3) is 0.286. The van der Waals surface area contributed by atoms with E-state index in [9.17, 15) is 13.2 Å². The predicted molar refractivity (Wildman–Crippen MR) is 76.2 cm³/mol. The second kappa shape index (κ2) is 5.89. The molecule has 1 N–H and O–H groups in total. The zero-order chi connectivity index (χ0) is 15.6. The molecule has 2 aromatic rings. The quantitative estimate of drug-likeness (QED) is 0.839. The van der Waals surface area contributed by atoms with Crippen LogP contribution in [0.5, 0.6) is 0 Å². The van der Waals surface area contributed by atoms with Crippen molar-refractivity contribution in [1.82, 2.24) is 9.97 Å². The van der Waals surface area contributed by atoms with E-state index in [1.807, 2.05) is 13.8 Å². The Morgan fingerprint density at radius 1 is 1.14 bits per heavy atom. The van der Waals surface area contributed by atoms with Gasteiger partial charge >= 0.3 is 6.18 Å². The highest BCUT2D eigenvalue weighted by Gasteiger charge is 2.30. The number of alkyl halides is 3. The molecule has 0 saturated carbocycles. The van der Waals surface area contributed by atoms with Crippen molar-refractivity contribution in [3.8, 4) is 11.4 Å². The van der Waals surface area contributed by atoms with Crippen LogP contribution in [0.25, 0.3) is 11.4 Å². The van der Waals surface area contributed by atoms with Crippen LogP contribution >= 0.6 is 11.6 Å². The van der Waals surface area contributed by atoms with Crippen molar-refractivity contribution in [3.63, 3.8) is 0 Å². The third kappa shape index (κ3) is 4.07. The fourth-order valence-electron chi connectivity index (χ4n) is 1.75. The third-order valence-electron chi connectivity index (χ3n) is 2.58. The molecule has 7 heteroatoms. The topological polar surface area (TPSA) is 37.8 Å². The third-order valence-corrected chi connectivity index (χ3v) is 2.77. The summed E-state index contributed by atoms with van der Waals surface area (Å²) in [5, 5.41) is 3.21. The smallest absolute Gasteiger partial charge is 0.368 e. The molecule has 112 valence electrons. The first kappa shape index (κ1) is 15.6. The molecule has 0 aliphatic rings. The Kier molecular flexibility index (Phi) is 4.37. The lowest BCUT2D eigenvalue weighted by atomic mass is 10.1. The Bertz CT molecular complexity index is 642. The number of hydrogen-bond donors (Lipinski definition) is 1. The van der Waals surface area contributed by atoms with Gasteiger partial charge in [-0.1, -0.05) is 23.7 Å². The Morgan fingerprint density at radius 2 is 1.86 bits per heavy atom. The second-order valence-corrected chi connectivity index (χ2v) is 5.16. The van der Waals surface area contributed by atoms with Gasteiger partial charge < -0.3 is 5.32 Å². The van der Waals surface area contributed by atoms with Crippen molar-refractivity contribution in [3.05, 3.63) is 41.0 Å². The molecule has 21 heavy (non-hydrogen) atoms. The first-order valence-corrected chi connectivity index (χ1v) is 6.62. The van der Waals surface area contributed by atoms with Crippen molar-refractivity contribution in [2.24, 2.45) is 0 Å². The SMILES string of the molecule is CC(C)Nc1cc(Cl)nc(-c2cccc(C(F)(F)F)c2)n1. The fourth-order valence-corrected chi connectivity index (χ4v) is 1.93. The average Bonchev–Trinajstić information content (AvgIpc) is 2.36. The number of aromatic nitrogens is 2. The molecule has 1 aromatic heterocycles. The number of hydrogen-bond acceptors (Lipinski definition) is 3. The number of rotatable bonds is 3. The highest BCUT2D eigenvalue weighted by molar-refractivity contribution is 6.29. The molecule has 0 unspecified atom stereocenters. The van der Waals surface area contributed by atoms with Crippen molar-refractivity contribution < 1.29 is 13.2 Å². The molecule has 0 saturated heterocycles. The minimum absolute atomic E-state index is 0.116. The molecule has 1 aromatic carbocycles. The van der Waals surface area contributed by atoms with E-state index < -0.39 is 11.7 Å². The maximum atomic E-state index is 12.7. The Morgan fingerprint density at radius 3 is 2.48 bits per heavy atom. The maximum absolute atomic E-state index is 12.7. The van der Waals surface area contributed by atoms with Crippen molar-refractivity contribution in [2.75, 3.05) is 5.32 Å². The average molecular weight is 316 g/mol. The Labute approximate surface area is 125 Å². The molecule has 0 fully saturated rings. The van der Waals surface area contributed by atoms with Crippen LogP contribution in [-0.4, -0.2) is 16.0 Å². The number of halogens is 4. The normalized spacial score (nSPS) is 11.8. The molecule has 0 spiro atoms. The summed E-state index contributed by atoms with van der Waals surface area (Å²) in [5.74, 6) is 0.620. The molecular formula is C14H13ClF3N3. The summed E-state index contributed by atoms with van der Waals surface area (Å²) in [7, 11) is 0. The lowest BCUT2D eigenvalue weighted by Crippen LogP contribution is -2.11. The lowest BCUT2D eigenvalue weighted by Gasteiger charge is -2.11. The Hall–Kier alpha value is -1.82. The van der Waals surface area contributed by atoms with Gasteiger partial charge in [-0.2, -0.15) is 13.2 Å². The summed E-state index contributed by atoms with van der Waals surface area (Å²) in [4.78, 5) is 8.17. The number of nitrogens with one attached hydrogen (secondary N) is 1. The summed E-state index contributed by atoms with van der Waals surface area (Å²) >= 11 is 5.90. The van der Waals surface area contributed by atoms with Crippen LogP contribution in [0.15, 0.2) is 30.3 Å². The van der Waals surface area contributed by atoms with Gasteiger partial charge in [0, 0.05) is 17.7 Å². The van der Waals surface area contributed by atoms with Crippen LogP contribution in [0, 0.1) is 0 Å². The molecule has 0 aliphatic carbocycles. The van der Waals surface area contributed by atoms with Crippen molar-refractivity contribution in [1.29, 1.82) is 0 Å². The molecule has 0 atom stereocenters. The number of benzene rings is 1. The number of nitrogens with zero attached hydrogens (tertiary/aromatic N) is 2. The van der Waals surface area contributed by atoms with E-state index in [1.54, 1.807) is 0 Å².